The average Bonchev–Trinajstić information content (AvgIpc) is 2.85. The molecule has 0 saturated heterocycles. The number of aliphatic hydroxyl groups excluding tert-OH is 1. The van der Waals surface area contributed by atoms with E-state index in [2.05, 4.69) is 50.7 Å². The van der Waals surface area contributed by atoms with E-state index >= 15 is 0 Å². The summed E-state index contributed by atoms with van der Waals surface area (Å²) in [6.45, 7) is 10.8. The maximum atomic E-state index is 11.9. The van der Waals surface area contributed by atoms with Crippen molar-refractivity contribution in [3.63, 3.8) is 0 Å². The third kappa shape index (κ3) is 5.99. The van der Waals surface area contributed by atoms with Crippen LogP contribution in [0.3, 0.4) is 0 Å². The van der Waals surface area contributed by atoms with Crippen molar-refractivity contribution < 1.29 is 14.6 Å². The van der Waals surface area contributed by atoms with Crippen molar-refractivity contribution >= 4 is 29.4 Å². The molecule has 1 N–H and O–H groups in total. The van der Waals surface area contributed by atoms with Gasteiger partial charge in [-0.3, -0.25) is 0 Å². The molecule has 33 heavy (non-hydrogen) atoms. The van der Waals surface area contributed by atoms with Gasteiger partial charge in [0.05, 0.1) is 18.8 Å². The number of fused-ring (bicyclic) bond motifs is 2. The summed E-state index contributed by atoms with van der Waals surface area (Å²) < 4.78 is 5.07. The van der Waals surface area contributed by atoms with E-state index in [1.54, 1.807) is 25.3 Å². The highest BCUT2D eigenvalue weighted by atomic mass is 32.1. The lowest BCUT2D eigenvalue weighted by atomic mass is 9.72. The third-order valence-corrected chi connectivity index (χ3v) is 6.14. The van der Waals surface area contributed by atoms with Crippen molar-refractivity contribution in [2.45, 2.75) is 65.9 Å². The van der Waals surface area contributed by atoms with Crippen molar-refractivity contribution in [3.8, 4) is 11.1 Å². The van der Waals surface area contributed by atoms with Gasteiger partial charge in [-0.15, -0.1) is 0 Å². The Bertz CT molecular complexity index is 1070. The fourth-order valence-electron chi connectivity index (χ4n) is 4.54. The van der Waals surface area contributed by atoms with Gasteiger partial charge in [0.25, 0.3) is 0 Å². The van der Waals surface area contributed by atoms with E-state index in [4.69, 9.17) is 4.74 Å². The summed E-state index contributed by atoms with van der Waals surface area (Å²) in [5.74, 6) is -0.303. The Labute approximate surface area is 204 Å². The molecule has 3 aromatic rings. The Balaban J connectivity index is 0.000000914. The molecule has 0 saturated carbocycles. The van der Waals surface area contributed by atoms with Crippen molar-refractivity contribution in [3.05, 3.63) is 70.8 Å². The minimum atomic E-state index is -0.303. The normalized spacial score (nSPS) is 13.7. The molecule has 0 radical (unpaired) electrons. The number of hydrogen-bond acceptors (Lipinski definition) is 4. The summed E-state index contributed by atoms with van der Waals surface area (Å²) in [6, 6.07) is 16.3. The summed E-state index contributed by atoms with van der Waals surface area (Å²) in [7, 11) is 0. The Morgan fingerprint density at radius 2 is 1.70 bits per heavy atom. The predicted octanol–water partition coefficient (Wildman–Crippen LogP) is 7.36. The first-order valence-electron chi connectivity index (χ1n) is 11.9. The highest BCUT2D eigenvalue weighted by Crippen LogP contribution is 2.40. The van der Waals surface area contributed by atoms with Crippen LogP contribution < -0.4 is 0 Å². The maximum Gasteiger partial charge on any atom is 0.338 e. The zero-order valence-corrected chi connectivity index (χ0v) is 21.8. The lowest BCUT2D eigenvalue weighted by Crippen LogP contribution is -2.23. The first-order valence-corrected chi connectivity index (χ1v) is 12.8. The van der Waals surface area contributed by atoms with Gasteiger partial charge in [0, 0.05) is 0 Å². The van der Waals surface area contributed by atoms with Crippen LogP contribution >= 0.6 is 12.6 Å². The quantitative estimate of drug-likeness (QED) is 0.312. The van der Waals surface area contributed by atoms with Crippen LogP contribution in [0.5, 0.6) is 0 Å². The zero-order chi connectivity index (χ0) is 24.6. The molecule has 0 aliphatic heterocycles. The molecule has 0 heterocycles. The number of rotatable bonds is 4. The monoisotopic (exact) mass is 466 g/mol. The second kappa shape index (κ2) is 12.2. The SMILES string of the molecule is CC.CCOC(=O)c1ccc(-c2cc(CO)c3cc4c(cc3c2)C(C)(C)CCC4)cc1.CS. The number of aryl methyl sites for hydroxylation is 1. The van der Waals surface area contributed by atoms with E-state index in [9.17, 15) is 9.90 Å². The van der Waals surface area contributed by atoms with Gasteiger partial charge in [0.1, 0.15) is 0 Å². The van der Waals surface area contributed by atoms with Gasteiger partial charge in [-0.2, -0.15) is 12.6 Å². The lowest BCUT2D eigenvalue weighted by molar-refractivity contribution is 0.0526. The average molecular weight is 467 g/mol. The fraction of sp³-hybridized carbons (Fsp3) is 0.414. The Kier molecular flexibility index (Phi) is 10.00. The molecule has 0 spiro atoms. The predicted molar refractivity (Wildman–Crippen MR) is 143 cm³/mol. The molecule has 0 unspecified atom stereocenters. The minimum Gasteiger partial charge on any atom is -0.462 e. The summed E-state index contributed by atoms with van der Waals surface area (Å²) in [6.07, 6.45) is 5.22. The van der Waals surface area contributed by atoms with Crippen molar-refractivity contribution in [2.24, 2.45) is 0 Å². The number of hydrogen-bond donors (Lipinski definition) is 2. The van der Waals surface area contributed by atoms with Crippen LogP contribution in [-0.4, -0.2) is 23.9 Å². The zero-order valence-electron chi connectivity index (χ0n) is 20.9. The standard InChI is InChI=1S/C26H28O3.C2H6.CH4S/c1-4-29-25(28)18-9-7-17(8-10-18)20-12-21-15-24-19(6-5-11-26(24,2)3)14-23(21)22(13-20)16-27;2*1-2/h7-10,12-15,27H,4-6,11,16H2,1-3H3;1-2H3;2H,1H3. The molecule has 0 fully saturated rings. The minimum absolute atomic E-state index is 0.00737. The van der Waals surface area contributed by atoms with Crippen LogP contribution in [0, 0.1) is 0 Å². The maximum absolute atomic E-state index is 11.9. The van der Waals surface area contributed by atoms with Crippen molar-refractivity contribution in [1.82, 2.24) is 0 Å². The molecule has 3 aromatic carbocycles. The second-order valence-corrected chi connectivity index (χ2v) is 8.56. The largest absolute Gasteiger partial charge is 0.462 e. The van der Waals surface area contributed by atoms with Crippen molar-refractivity contribution in [1.29, 1.82) is 0 Å². The number of carbonyl (C=O) groups is 1. The molecule has 0 amide bonds. The van der Waals surface area contributed by atoms with Gasteiger partial charge in [-0.1, -0.05) is 52.0 Å². The first kappa shape index (κ1) is 26.9. The van der Waals surface area contributed by atoms with E-state index in [0.29, 0.717) is 12.2 Å². The molecule has 0 bridgehead atoms. The summed E-state index contributed by atoms with van der Waals surface area (Å²) in [4.78, 5) is 11.9. The first-order chi connectivity index (χ1) is 15.9. The molecule has 4 heteroatoms. The number of carbonyl (C=O) groups excluding carboxylic acids is 1. The van der Waals surface area contributed by atoms with E-state index in [1.165, 1.54) is 24.0 Å². The Hall–Kier alpha value is -2.30. The third-order valence-electron chi connectivity index (χ3n) is 6.14. The van der Waals surface area contributed by atoms with Gasteiger partial charge < -0.3 is 9.84 Å². The molecule has 4 rings (SSSR count). The molecular formula is C29H38O3S. The van der Waals surface area contributed by atoms with Gasteiger partial charge in [0.2, 0.25) is 0 Å². The molecule has 3 nitrogen and oxygen atoms in total. The number of aliphatic hydroxyl groups is 1. The molecule has 0 aromatic heterocycles. The highest BCUT2D eigenvalue weighted by molar-refractivity contribution is 7.79. The van der Waals surface area contributed by atoms with Crippen LogP contribution in [0.25, 0.3) is 21.9 Å². The van der Waals surface area contributed by atoms with E-state index in [-0.39, 0.29) is 18.0 Å². The molecular weight excluding hydrogens is 428 g/mol. The van der Waals surface area contributed by atoms with Crippen LogP contribution in [0.15, 0.2) is 48.5 Å². The summed E-state index contributed by atoms with van der Waals surface area (Å²) in [5.41, 5.74) is 6.58. The van der Waals surface area contributed by atoms with Gasteiger partial charge in [0.15, 0.2) is 0 Å². The van der Waals surface area contributed by atoms with Crippen molar-refractivity contribution in [2.75, 3.05) is 12.9 Å². The number of benzene rings is 3. The van der Waals surface area contributed by atoms with Gasteiger partial charge in [-0.05, 0) is 101 Å². The summed E-state index contributed by atoms with van der Waals surface area (Å²) >= 11 is 3.53. The smallest absolute Gasteiger partial charge is 0.338 e. The van der Waals surface area contributed by atoms with Gasteiger partial charge in [-0.25, -0.2) is 4.79 Å². The fourth-order valence-corrected chi connectivity index (χ4v) is 4.54. The molecule has 178 valence electrons. The Morgan fingerprint density at radius 3 is 2.30 bits per heavy atom. The summed E-state index contributed by atoms with van der Waals surface area (Å²) in [5, 5.41) is 12.3. The van der Waals surface area contributed by atoms with Crippen LogP contribution in [0.2, 0.25) is 0 Å². The molecule has 1 aliphatic rings. The number of esters is 1. The van der Waals surface area contributed by atoms with E-state index < -0.39 is 0 Å². The van der Waals surface area contributed by atoms with Gasteiger partial charge >= 0.3 is 5.97 Å². The lowest BCUT2D eigenvalue weighted by Gasteiger charge is -2.33. The highest BCUT2D eigenvalue weighted by Gasteiger charge is 2.27. The van der Waals surface area contributed by atoms with E-state index in [1.807, 2.05) is 26.0 Å². The second-order valence-electron chi connectivity index (χ2n) is 8.56. The van der Waals surface area contributed by atoms with E-state index in [0.717, 1.165) is 33.9 Å². The number of ether oxygens (including phenoxy) is 1. The van der Waals surface area contributed by atoms with Crippen LogP contribution in [0.1, 0.15) is 74.5 Å². The number of thiol groups is 1. The van der Waals surface area contributed by atoms with Crippen LogP contribution in [-0.2, 0) is 23.2 Å². The topological polar surface area (TPSA) is 46.5 Å². The molecule has 1 aliphatic carbocycles. The molecule has 0 atom stereocenters. The Morgan fingerprint density at radius 1 is 1.03 bits per heavy atom. The van der Waals surface area contributed by atoms with Crippen LogP contribution in [0.4, 0.5) is 0 Å².